The summed E-state index contributed by atoms with van der Waals surface area (Å²) >= 11 is 0. The molecule has 0 aromatic heterocycles. The van der Waals surface area contributed by atoms with Crippen molar-refractivity contribution in [2.24, 2.45) is 17.8 Å². The minimum Gasteiger partial charge on any atom is -0.0622 e. The monoisotopic (exact) mass is 216 g/mol. The van der Waals surface area contributed by atoms with Crippen molar-refractivity contribution in [2.45, 2.75) is 46.0 Å². The van der Waals surface area contributed by atoms with Crippen LogP contribution in [-0.4, -0.2) is 0 Å². The first-order valence-electron chi connectivity index (χ1n) is 6.81. The Hall–Kier alpha value is -0.780. The van der Waals surface area contributed by atoms with Crippen LogP contribution in [0.5, 0.6) is 0 Å². The van der Waals surface area contributed by atoms with Crippen LogP contribution in [0.25, 0.3) is 0 Å². The lowest BCUT2D eigenvalue weighted by molar-refractivity contribution is 0.264. The van der Waals surface area contributed by atoms with Gasteiger partial charge in [-0.05, 0) is 29.7 Å². The van der Waals surface area contributed by atoms with Gasteiger partial charge in [-0.1, -0.05) is 69.9 Å². The first-order chi connectivity index (χ1) is 7.77. The van der Waals surface area contributed by atoms with Crippen LogP contribution < -0.4 is 0 Å². The summed E-state index contributed by atoms with van der Waals surface area (Å²) < 4.78 is 0. The molecule has 0 unspecified atom stereocenters. The number of hydrogen-bond donors (Lipinski definition) is 0. The standard InChI is InChI=1S/C16H24/c1-13(12-15-8-4-3-5-9-15)14(2)16-10-6-7-11-16/h3-5,8-9,13-14,16H,6-7,10-12H2,1-2H3/t13-,14-/m0/s1. The molecular formula is C16H24. The van der Waals surface area contributed by atoms with Crippen LogP contribution in [0.3, 0.4) is 0 Å². The van der Waals surface area contributed by atoms with Crippen molar-refractivity contribution in [1.82, 2.24) is 0 Å². The molecule has 0 radical (unpaired) electrons. The highest BCUT2D eigenvalue weighted by Gasteiger charge is 2.25. The van der Waals surface area contributed by atoms with E-state index in [4.69, 9.17) is 0 Å². The van der Waals surface area contributed by atoms with E-state index >= 15 is 0 Å². The van der Waals surface area contributed by atoms with Crippen LogP contribution in [0.15, 0.2) is 30.3 Å². The molecule has 0 nitrogen and oxygen atoms in total. The molecule has 0 bridgehead atoms. The van der Waals surface area contributed by atoms with Gasteiger partial charge in [-0.15, -0.1) is 0 Å². The van der Waals surface area contributed by atoms with Gasteiger partial charge in [0.25, 0.3) is 0 Å². The second kappa shape index (κ2) is 5.52. The van der Waals surface area contributed by atoms with E-state index in [-0.39, 0.29) is 0 Å². The molecule has 2 rings (SSSR count). The normalized spacial score (nSPS) is 20.9. The number of hydrogen-bond acceptors (Lipinski definition) is 0. The molecule has 0 heteroatoms. The number of rotatable bonds is 4. The quantitative estimate of drug-likeness (QED) is 0.685. The Balaban J connectivity index is 1.89. The SMILES string of the molecule is C[C@H](C1CCCC1)[C@@H](C)Cc1ccccc1. The molecular weight excluding hydrogens is 192 g/mol. The Morgan fingerprint density at radius 3 is 2.31 bits per heavy atom. The Morgan fingerprint density at radius 1 is 1.06 bits per heavy atom. The van der Waals surface area contributed by atoms with E-state index in [1.807, 2.05) is 0 Å². The van der Waals surface area contributed by atoms with Crippen molar-refractivity contribution in [3.63, 3.8) is 0 Å². The predicted molar refractivity (Wildman–Crippen MR) is 70.4 cm³/mol. The summed E-state index contributed by atoms with van der Waals surface area (Å²) in [5, 5.41) is 0. The van der Waals surface area contributed by atoms with Crippen molar-refractivity contribution in [3.8, 4) is 0 Å². The van der Waals surface area contributed by atoms with E-state index in [0.717, 1.165) is 17.8 Å². The van der Waals surface area contributed by atoms with Crippen LogP contribution in [-0.2, 0) is 6.42 Å². The summed E-state index contributed by atoms with van der Waals surface area (Å²) in [7, 11) is 0. The smallest absolute Gasteiger partial charge is 0.0250 e. The fraction of sp³-hybridized carbons (Fsp3) is 0.625. The van der Waals surface area contributed by atoms with Gasteiger partial charge in [0.1, 0.15) is 0 Å². The second-order valence-corrected chi connectivity index (χ2v) is 5.57. The summed E-state index contributed by atoms with van der Waals surface area (Å²) in [6, 6.07) is 10.9. The van der Waals surface area contributed by atoms with E-state index in [1.165, 1.54) is 37.7 Å². The van der Waals surface area contributed by atoms with Gasteiger partial charge in [-0.3, -0.25) is 0 Å². The van der Waals surface area contributed by atoms with E-state index < -0.39 is 0 Å². The maximum Gasteiger partial charge on any atom is -0.0250 e. The van der Waals surface area contributed by atoms with Gasteiger partial charge in [-0.25, -0.2) is 0 Å². The lowest BCUT2D eigenvalue weighted by Crippen LogP contribution is -2.18. The topological polar surface area (TPSA) is 0 Å². The lowest BCUT2D eigenvalue weighted by atomic mass is 9.80. The average Bonchev–Trinajstić information content (AvgIpc) is 2.83. The maximum absolute atomic E-state index is 2.46. The molecule has 1 saturated carbocycles. The molecule has 1 aromatic rings. The summed E-state index contributed by atoms with van der Waals surface area (Å²) in [5.74, 6) is 2.71. The zero-order valence-corrected chi connectivity index (χ0v) is 10.7. The highest BCUT2D eigenvalue weighted by molar-refractivity contribution is 5.15. The van der Waals surface area contributed by atoms with E-state index in [9.17, 15) is 0 Å². The Kier molecular flexibility index (Phi) is 4.04. The van der Waals surface area contributed by atoms with Gasteiger partial charge in [0.2, 0.25) is 0 Å². The highest BCUT2D eigenvalue weighted by atomic mass is 14.3. The van der Waals surface area contributed by atoms with Crippen LogP contribution in [0.4, 0.5) is 0 Å². The van der Waals surface area contributed by atoms with Gasteiger partial charge in [-0.2, -0.15) is 0 Å². The maximum atomic E-state index is 2.46. The third kappa shape index (κ3) is 2.87. The molecule has 1 fully saturated rings. The minimum atomic E-state index is 0.825. The lowest BCUT2D eigenvalue weighted by Gasteiger charge is -2.25. The van der Waals surface area contributed by atoms with Crippen molar-refractivity contribution in [2.75, 3.05) is 0 Å². The molecule has 2 atom stereocenters. The van der Waals surface area contributed by atoms with Gasteiger partial charge < -0.3 is 0 Å². The molecule has 1 aliphatic rings. The molecule has 0 heterocycles. The van der Waals surface area contributed by atoms with Crippen molar-refractivity contribution in [1.29, 1.82) is 0 Å². The fourth-order valence-corrected chi connectivity index (χ4v) is 3.12. The molecule has 1 aromatic carbocycles. The first-order valence-corrected chi connectivity index (χ1v) is 6.81. The largest absolute Gasteiger partial charge is 0.0622 e. The zero-order chi connectivity index (χ0) is 11.4. The van der Waals surface area contributed by atoms with Crippen molar-refractivity contribution in [3.05, 3.63) is 35.9 Å². The van der Waals surface area contributed by atoms with Crippen molar-refractivity contribution < 1.29 is 0 Å². The van der Waals surface area contributed by atoms with Crippen LogP contribution in [0.1, 0.15) is 45.1 Å². The van der Waals surface area contributed by atoms with E-state index in [0.29, 0.717) is 0 Å². The molecule has 0 aliphatic heterocycles. The third-order valence-corrected chi connectivity index (χ3v) is 4.44. The van der Waals surface area contributed by atoms with Crippen LogP contribution in [0, 0.1) is 17.8 Å². The number of benzene rings is 1. The molecule has 88 valence electrons. The zero-order valence-electron chi connectivity index (χ0n) is 10.7. The van der Waals surface area contributed by atoms with Gasteiger partial charge in [0.15, 0.2) is 0 Å². The van der Waals surface area contributed by atoms with Crippen LogP contribution >= 0.6 is 0 Å². The minimum absolute atomic E-state index is 0.825. The van der Waals surface area contributed by atoms with E-state index in [1.54, 1.807) is 0 Å². The fourth-order valence-electron chi connectivity index (χ4n) is 3.12. The second-order valence-electron chi connectivity index (χ2n) is 5.57. The molecule has 0 N–H and O–H groups in total. The molecule has 16 heavy (non-hydrogen) atoms. The first kappa shape index (κ1) is 11.7. The summed E-state index contributed by atoms with van der Waals surface area (Å²) in [6.45, 7) is 4.89. The summed E-state index contributed by atoms with van der Waals surface area (Å²) in [6.07, 6.45) is 7.12. The van der Waals surface area contributed by atoms with Crippen molar-refractivity contribution >= 4 is 0 Å². The van der Waals surface area contributed by atoms with E-state index in [2.05, 4.69) is 44.2 Å². The molecule has 0 amide bonds. The highest BCUT2D eigenvalue weighted by Crippen LogP contribution is 2.35. The molecule has 0 saturated heterocycles. The summed E-state index contributed by atoms with van der Waals surface area (Å²) in [5.41, 5.74) is 1.50. The van der Waals surface area contributed by atoms with Gasteiger partial charge in [0.05, 0.1) is 0 Å². The predicted octanol–water partition coefficient (Wildman–Crippen LogP) is 4.69. The summed E-state index contributed by atoms with van der Waals surface area (Å²) in [4.78, 5) is 0. The molecule has 0 spiro atoms. The molecule has 1 aliphatic carbocycles. The van der Waals surface area contributed by atoms with Gasteiger partial charge in [0, 0.05) is 0 Å². The van der Waals surface area contributed by atoms with Gasteiger partial charge >= 0.3 is 0 Å². The Morgan fingerprint density at radius 2 is 1.69 bits per heavy atom. The third-order valence-electron chi connectivity index (χ3n) is 4.44. The Bertz CT molecular complexity index is 295. The Labute approximate surface area is 100 Å². The average molecular weight is 216 g/mol. The van der Waals surface area contributed by atoms with Crippen LogP contribution in [0.2, 0.25) is 0 Å².